The van der Waals surface area contributed by atoms with Crippen LogP contribution in [0.4, 0.5) is 11.6 Å². The number of nitrogen functional groups attached to an aromatic ring is 1. The number of piperazine rings is 1. The van der Waals surface area contributed by atoms with E-state index in [-0.39, 0.29) is 0 Å². The fourth-order valence-electron chi connectivity index (χ4n) is 2.53. The molecule has 5 heteroatoms. The zero-order valence-electron chi connectivity index (χ0n) is 12.3. The SMILES string of the molecule is CCCN1CCN(c2nc(CC)nc(N)c2C)CC1. The maximum Gasteiger partial charge on any atom is 0.137 e. The van der Waals surface area contributed by atoms with Crippen LogP contribution < -0.4 is 10.6 Å². The van der Waals surface area contributed by atoms with Gasteiger partial charge in [0.2, 0.25) is 0 Å². The predicted molar refractivity (Wildman–Crippen MR) is 79.5 cm³/mol. The molecule has 5 nitrogen and oxygen atoms in total. The number of nitrogens with zero attached hydrogens (tertiary/aromatic N) is 4. The third-order valence-corrected chi connectivity index (χ3v) is 3.73. The van der Waals surface area contributed by atoms with Crippen molar-refractivity contribution in [3.05, 3.63) is 11.4 Å². The van der Waals surface area contributed by atoms with Gasteiger partial charge >= 0.3 is 0 Å². The maximum atomic E-state index is 5.99. The van der Waals surface area contributed by atoms with Crippen LogP contribution in [0, 0.1) is 6.92 Å². The molecule has 0 aliphatic carbocycles. The Hall–Kier alpha value is -1.36. The van der Waals surface area contributed by atoms with Gasteiger partial charge in [-0.25, -0.2) is 9.97 Å². The molecule has 1 aliphatic rings. The van der Waals surface area contributed by atoms with Crippen LogP contribution in [0.15, 0.2) is 0 Å². The Morgan fingerprint density at radius 3 is 2.37 bits per heavy atom. The summed E-state index contributed by atoms with van der Waals surface area (Å²) in [5.74, 6) is 2.49. The second-order valence-corrected chi connectivity index (χ2v) is 5.16. The molecule has 1 saturated heterocycles. The summed E-state index contributed by atoms with van der Waals surface area (Å²) < 4.78 is 0. The molecule has 2 N–H and O–H groups in total. The van der Waals surface area contributed by atoms with E-state index in [0.717, 1.165) is 49.8 Å². The lowest BCUT2D eigenvalue weighted by molar-refractivity contribution is 0.258. The minimum absolute atomic E-state index is 0.623. The zero-order chi connectivity index (χ0) is 13.8. The zero-order valence-corrected chi connectivity index (χ0v) is 12.3. The normalized spacial score (nSPS) is 16.9. The number of hydrogen-bond acceptors (Lipinski definition) is 5. The number of aromatic nitrogens is 2. The van der Waals surface area contributed by atoms with Crippen LogP contribution in [-0.2, 0) is 6.42 Å². The molecule has 0 atom stereocenters. The minimum Gasteiger partial charge on any atom is -0.383 e. The van der Waals surface area contributed by atoms with Gasteiger partial charge < -0.3 is 10.6 Å². The smallest absolute Gasteiger partial charge is 0.137 e. The van der Waals surface area contributed by atoms with E-state index in [0.29, 0.717) is 5.82 Å². The molecular formula is C14H25N5. The van der Waals surface area contributed by atoms with Crippen LogP contribution in [0.25, 0.3) is 0 Å². The average Bonchev–Trinajstić information content (AvgIpc) is 2.43. The number of aryl methyl sites for hydroxylation is 1. The fraction of sp³-hybridized carbons (Fsp3) is 0.714. The number of hydrogen-bond donors (Lipinski definition) is 1. The highest BCUT2D eigenvalue weighted by Gasteiger charge is 2.20. The summed E-state index contributed by atoms with van der Waals surface area (Å²) in [5, 5.41) is 0. The van der Waals surface area contributed by atoms with Crippen molar-refractivity contribution in [3.63, 3.8) is 0 Å². The Morgan fingerprint density at radius 1 is 1.11 bits per heavy atom. The van der Waals surface area contributed by atoms with Crippen molar-refractivity contribution in [1.82, 2.24) is 14.9 Å². The van der Waals surface area contributed by atoms with Gasteiger partial charge in [0.1, 0.15) is 17.5 Å². The predicted octanol–water partition coefficient (Wildman–Crippen LogP) is 1.46. The summed E-state index contributed by atoms with van der Waals surface area (Å²) in [6.45, 7) is 11.8. The van der Waals surface area contributed by atoms with E-state index in [1.807, 2.05) is 6.92 Å². The lowest BCUT2D eigenvalue weighted by atomic mass is 10.2. The van der Waals surface area contributed by atoms with Gasteiger partial charge in [-0.3, -0.25) is 4.90 Å². The molecule has 1 fully saturated rings. The quantitative estimate of drug-likeness (QED) is 0.891. The molecule has 0 radical (unpaired) electrons. The van der Waals surface area contributed by atoms with E-state index < -0.39 is 0 Å². The lowest BCUT2D eigenvalue weighted by Crippen LogP contribution is -2.47. The molecular weight excluding hydrogens is 238 g/mol. The Labute approximate surface area is 115 Å². The maximum absolute atomic E-state index is 5.99. The van der Waals surface area contributed by atoms with Crippen molar-refractivity contribution in [2.75, 3.05) is 43.4 Å². The third-order valence-electron chi connectivity index (χ3n) is 3.73. The summed E-state index contributed by atoms with van der Waals surface area (Å²) in [7, 11) is 0. The number of rotatable bonds is 4. The van der Waals surface area contributed by atoms with Gasteiger partial charge in [-0.15, -0.1) is 0 Å². The fourth-order valence-corrected chi connectivity index (χ4v) is 2.53. The van der Waals surface area contributed by atoms with Gasteiger partial charge in [-0.1, -0.05) is 13.8 Å². The molecule has 1 aliphatic heterocycles. The first-order chi connectivity index (χ1) is 9.15. The molecule has 0 unspecified atom stereocenters. The molecule has 0 amide bonds. The lowest BCUT2D eigenvalue weighted by Gasteiger charge is -2.36. The van der Waals surface area contributed by atoms with E-state index in [9.17, 15) is 0 Å². The largest absolute Gasteiger partial charge is 0.383 e. The van der Waals surface area contributed by atoms with E-state index in [2.05, 4.69) is 33.6 Å². The molecule has 0 aromatic carbocycles. The molecule has 19 heavy (non-hydrogen) atoms. The highest BCUT2D eigenvalue weighted by Crippen LogP contribution is 2.23. The summed E-state index contributed by atoms with van der Waals surface area (Å²) in [4.78, 5) is 13.8. The van der Waals surface area contributed by atoms with Crippen LogP contribution >= 0.6 is 0 Å². The topological polar surface area (TPSA) is 58.3 Å². The molecule has 2 heterocycles. The van der Waals surface area contributed by atoms with Gasteiger partial charge in [-0.05, 0) is 19.9 Å². The molecule has 0 spiro atoms. The van der Waals surface area contributed by atoms with Crippen LogP contribution in [0.1, 0.15) is 31.7 Å². The molecule has 1 aromatic heterocycles. The Bertz CT molecular complexity index is 424. The van der Waals surface area contributed by atoms with E-state index in [1.54, 1.807) is 0 Å². The third kappa shape index (κ3) is 3.15. The highest BCUT2D eigenvalue weighted by molar-refractivity contribution is 5.56. The standard InChI is InChI=1S/C14H25N5/c1-4-6-18-7-9-19(10-8-18)14-11(3)13(15)16-12(5-2)17-14/h4-10H2,1-3H3,(H2,15,16,17). The van der Waals surface area contributed by atoms with Crippen molar-refractivity contribution in [2.45, 2.75) is 33.6 Å². The van der Waals surface area contributed by atoms with Crippen molar-refractivity contribution < 1.29 is 0 Å². The van der Waals surface area contributed by atoms with Gasteiger partial charge in [0.25, 0.3) is 0 Å². The Balaban J connectivity index is 2.12. The second-order valence-electron chi connectivity index (χ2n) is 5.16. The molecule has 106 valence electrons. The van der Waals surface area contributed by atoms with Crippen LogP contribution in [0.2, 0.25) is 0 Å². The molecule has 2 rings (SSSR count). The van der Waals surface area contributed by atoms with Crippen LogP contribution in [0.5, 0.6) is 0 Å². The molecule has 0 bridgehead atoms. The van der Waals surface area contributed by atoms with Crippen LogP contribution in [0.3, 0.4) is 0 Å². The van der Waals surface area contributed by atoms with Gasteiger partial charge in [0.05, 0.1) is 0 Å². The average molecular weight is 263 g/mol. The Kier molecular flexibility index (Phi) is 4.58. The second kappa shape index (κ2) is 6.19. The minimum atomic E-state index is 0.623. The van der Waals surface area contributed by atoms with E-state index in [1.165, 1.54) is 13.0 Å². The van der Waals surface area contributed by atoms with Crippen molar-refractivity contribution in [2.24, 2.45) is 0 Å². The monoisotopic (exact) mass is 263 g/mol. The van der Waals surface area contributed by atoms with Crippen molar-refractivity contribution in [1.29, 1.82) is 0 Å². The van der Waals surface area contributed by atoms with Crippen LogP contribution in [-0.4, -0.2) is 47.6 Å². The van der Waals surface area contributed by atoms with Gasteiger partial charge in [0, 0.05) is 38.2 Å². The summed E-state index contributed by atoms with van der Waals surface area (Å²) in [5.41, 5.74) is 7.01. The molecule has 1 aromatic rings. The summed E-state index contributed by atoms with van der Waals surface area (Å²) >= 11 is 0. The van der Waals surface area contributed by atoms with Gasteiger partial charge in [0.15, 0.2) is 0 Å². The number of nitrogens with two attached hydrogens (primary N) is 1. The first-order valence-electron chi connectivity index (χ1n) is 7.26. The summed E-state index contributed by atoms with van der Waals surface area (Å²) in [6, 6.07) is 0. The van der Waals surface area contributed by atoms with Gasteiger partial charge in [-0.2, -0.15) is 0 Å². The first kappa shape index (κ1) is 14.1. The van der Waals surface area contributed by atoms with E-state index in [4.69, 9.17) is 5.73 Å². The van der Waals surface area contributed by atoms with Crippen molar-refractivity contribution in [3.8, 4) is 0 Å². The van der Waals surface area contributed by atoms with E-state index >= 15 is 0 Å². The highest BCUT2D eigenvalue weighted by atomic mass is 15.3. The number of anilines is 2. The van der Waals surface area contributed by atoms with Crippen molar-refractivity contribution >= 4 is 11.6 Å². The molecule has 0 saturated carbocycles. The first-order valence-corrected chi connectivity index (χ1v) is 7.26. The summed E-state index contributed by atoms with van der Waals surface area (Å²) in [6.07, 6.45) is 2.05. The Morgan fingerprint density at radius 2 is 1.79 bits per heavy atom.